The van der Waals surface area contributed by atoms with Gasteiger partial charge in [-0.3, -0.25) is 4.90 Å². The molecule has 6 heteroatoms. The van der Waals surface area contributed by atoms with Crippen molar-refractivity contribution < 1.29 is 4.74 Å². The minimum atomic E-state index is 0.269. The van der Waals surface area contributed by atoms with Crippen LogP contribution in [0.2, 0.25) is 0 Å². The Bertz CT molecular complexity index is 1190. The minimum absolute atomic E-state index is 0.269. The maximum absolute atomic E-state index is 6.26. The fraction of sp³-hybridized carbons (Fsp3) is 0.308. The predicted octanol–water partition coefficient (Wildman–Crippen LogP) is 5.90. The number of ether oxygens (including phenoxy) is 1. The number of para-hydroxylation sites is 1. The Morgan fingerprint density at radius 3 is 2.41 bits per heavy atom. The lowest BCUT2D eigenvalue weighted by atomic mass is 10.1. The van der Waals surface area contributed by atoms with Gasteiger partial charge in [0, 0.05) is 29.9 Å². The van der Waals surface area contributed by atoms with Crippen molar-refractivity contribution in [1.29, 1.82) is 0 Å². The maximum atomic E-state index is 6.26. The molecule has 0 unspecified atom stereocenters. The van der Waals surface area contributed by atoms with Gasteiger partial charge in [-0.05, 0) is 50.7 Å². The number of nitrogen functional groups attached to an aromatic ring is 1. The summed E-state index contributed by atoms with van der Waals surface area (Å²) in [5.41, 5.74) is 10.3. The summed E-state index contributed by atoms with van der Waals surface area (Å²) in [7, 11) is 0. The molecule has 0 bridgehead atoms. The van der Waals surface area contributed by atoms with E-state index in [4.69, 9.17) is 10.5 Å². The summed E-state index contributed by atoms with van der Waals surface area (Å²) in [6, 6.07) is 16.6. The van der Waals surface area contributed by atoms with Crippen LogP contribution in [0.1, 0.15) is 39.3 Å². The summed E-state index contributed by atoms with van der Waals surface area (Å²) in [5.74, 6) is 2.19. The minimum Gasteiger partial charge on any atom is -0.457 e. The Labute approximate surface area is 189 Å². The van der Waals surface area contributed by atoms with Crippen LogP contribution in [-0.2, 0) is 6.54 Å². The van der Waals surface area contributed by atoms with E-state index in [0.29, 0.717) is 5.82 Å². The van der Waals surface area contributed by atoms with E-state index in [0.717, 1.165) is 53.3 Å². The third-order valence-electron chi connectivity index (χ3n) is 5.85. The van der Waals surface area contributed by atoms with Gasteiger partial charge in [0.25, 0.3) is 0 Å². The molecule has 0 saturated carbocycles. The molecule has 0 atom stereocenters. The number of fused-ring (bicyclic) bond motifs is 1. The summed E-state index contributed by atoms with van der Waals surface area (Å²) in [6.07, 6.45) is 3.63. The molecule has 0 radical (unpaired) electrons. The van der Waals surface area contributed by atoms with Crippen LogP contribution in [0.5, 0.6) is 11.5 Å². The Morgan fingerprint density at radius 1 is 1.00 bits per heavy atom. The number of benzene rings is 2. The Kier molecular flexibility index (Phi) is 6.42. The van der Waals surface area contributed by atoms with E-state index in [9.17, 15) is 0 Å². The molecular formula is C26H31N5O. The van der Waals surface area contributed by atoms with Crippen LogP contribution < -0.4 is 10.5 Å². The topological polar surface area (TPSA) is 69.2 Å². The zero-order valence-corrected chi connectivity index (χ0v) is 19.2. The van der Waals surface area contributed by atoms with Gasteiger partial charge in [0.15, 0.2) is 0 Å². The highest BCUT2D eigenvalue weighted by Gasteiger charge is 2.16. The molecule has 2 N–H and O–H groups in total. The normalized spacial score (nSPS) is 11.6. The van der Waals surface area contributed by atoms with Crippen molar-refractivity contribution in [2.24, 2.45) is 0 Å². The van der Waals surface area contributed by atoms with E-state index in [1.165, 1.54) is 11.9 Å². The van der Waals surface area contributed by atoms with E-state index in [1.54, 1.807) is 0 Å². The summed E-state index contributed by atoms with van der Waals surface area (Å²) in [5, 5.41) is 0.888. The molecule has 0 saturated heterocycles. The molecule has 6 nitrogen and oxygen atoms in total. The van der Waals surface area contributed by atoms with E-state index < -0.39 is 0 Å². The quantitative estimate of drug-likeness (QED) is 0.378. The lowest BCUT2D eigenvalue weighted by Gasteiger charge is -2.20. The fourth-order valence-corrected chi connectivity index (χ4v) is 3.97. The van der Waals surface area contributed by atoms with Gasteiger partial charge >= 0.3 is 0 Å². The SMILES string of the molecule is CCN(CC)Cc1ccccc1Oc1ccc(-c2cn(C(C)C)c3ncnc(N)c23)cc1. The first-order chi connectivity index (χ1) is 15.5. The molecule has 0 amide bonds. The second-order valence-corrected chi connectivity index (χ2v) is 8.20. The maximum Gasteiger partial charge on any atom is 0.146 e. The first-order valence-electron chi connectivity index (χ1n) is 11.2. The molecular weight excluding hydrogens is 398 g/mol. The zero-order valence-electron chi connectivity index (χ0n) is 19.2. The predicted molar refractivity (Wildman–Crippen MR) is 131 cm³/mol. The molecule has 4 rings (SSSR count). The van der Waals surface area contributed by atoms with Gasteiger partial charge in [-0.1, -0.05) is 44.2 Å². The monoisotopic (exact) mass is 429 g/mol. The molecule has 0 aliphatic carbocycles. The van der Waals surface area contributed by atoms with Gasteiger partial charge in [0.2, 0.25) is 0 Å². The third-order valence-corrected chi connectivity index (χ3v) is 5.85. The van der Waals surface area contributed by atoms with Crippen molar-refractivity contribution in [3.05, 3.63) is 66.6 Å². The Balaban J connectivity index is 1.63. The summed E-state index contributed by atoms with van der Waals surface area (Å²) < 4.78 is 8.40. The van der Waals surface area contributed by atoms with Crippen LogP contribution >= 0.6 is 0 Å². The van der Waals surface area contributed by atoms with Crippen molar-refractivity contribution in [2.45, 2.75) is 40.3 Å². The number of anilines is 1. The molecule has 0 aliphatic rings. The van der Waals surface area contributed by atoms with Crippen molar-refractivity contribution in [1.82, 2.24) is 19.4 Å². The largest absolute Gasteiger partial charge is 0.457 e. The average molecular weight is 430 g/mol. The number of nitrogens with zero attached hydrogens (tertiary/aromatic N) is 4. The van der Waals surface area contributed by atoms with Crippen LogP contribution in [0, 0.1) is 0 Å². The third kappa shape index (κ3) is 4.32. The zero-order chi connectivity index (χ0) is 22.7. The van der Waals surface area contributed by atoms with E-state index >= 15 is 0 Å². The Morgan fingerprint density at radius 2 is 1.72 bits per heavy atom. The van der Waals surface area contributed by atoms with Crippen LogP contribution in [0.4, 0.5) is 5.82 Å². The standard InChI is InChI=1S/C26H31N5O/c1-5-30(6-2)15-20-9-7-8-10-23(20)32-21-13-11-19(12-14-21)22-16-31(18(3)4)26-24(22)25(27)28-17-29-26/h7-14,16-18H,5-6,15H2,1-4H3,(H2,27,28,29). The first-order valence-corrected chi connectivity index (χ1v) is 11.2. The van der Waals surface area contributed by atoms with Gasteiger partial charge in [-0.25, -0.2) is 9.97 Å². The van der Waals surface area contributed by atoms with Crippen LogP contribution in [-0.4, -0.2) is 32.5 Å². The first kappa shape index (κ1) is 21.8. The van der Waals surface area contributed by atoms with Gasteiger partial charge < -0.3 is 15.0 Å². The molecule has 2 aromatic heterocycles. The Hall–Kier alpha value is -3.38. The number of hydrogen-bond donors (Lipinski definition) is 1. The smallest absolute Gasteiger partial charge is 0.146 e. The molecule has 2 aromatic carbocycles. The highest BCUT2D eigenvalue weighted by Crippen LogP contribution is 2.35. The van der Waals surface area contributed by atoms with E-state index in [2.05, 4.69) is 77.6 Å². The fourth-order valence-electron chi connectivity index (χ4n) is 3.97. The van der Waals surface area contributed by atoms with Crippen molar-refractivity contribution >= 4 is 16.9 Å². The van der Waals surface area contributed by atoms with E-state index in [-0.39, 0.29) is 6.04 Å². The number of nitrogens with two attached hydrogens (primary N) is 1. The summed E-state index contributed by atoms with van der Waals surface area (Å²) in [4.78, 5) is 11.1. The molecule has 32 heavy (non-hydrogen) atoms. The molecule has 4 aromatic rings. The lowest BCUT2D eigenvalue weighted by molar-refractivity contribution is 0.291. The van der Waals surface area contributed by atoms with Crippen LogP contribution in [0.15, 0.2) is 61.1 Å². The molecule has 0 aliphatic heterocycles. The van der Waals surface area contributed by atoms with E-state index in [1.807, 2.05) is 24.3 Å². The highest BCUT2D eigenvalue weighted by molar-refractivity contribution is 6.00. The average Bonchev–Trinajstić information content (AvgIpc) is 3.20. The highest BCUT2D eigenvalue weighted by atomic mass is 16.5. The van der Waals surface area contributed by atoms with Gasteiger partial charge in [-0.2, -0.15) is 0 Å². The van der Waals surface area contributed by atoms with Gasteiger partial charge in [0.1, 0.15) is 29.3 Å². The van der Waals surface area contributed by atoms with Gasteiger partial charge in [0.05, 0.1) is 5.39 Å². The molecule has 0 spiro atoms. The summed E-state index contributed by atoms with van der Waals surface area (Å²) >= 11 is 0. The van der Waals surface area contributed by atoms with Crippen molar-refractivity contribution in [3.8, 4) is 22.6 Å². The van der Waals surface area contributed by atoms with Crippen molar-refractivity contribution in [2.75, 3.05) is 18.8 Å². The molecule has 0 fully saturated rings. The summed E-state index contributed by atoms with van der Waals surface area (Å²) in [6.45, 7) is 11.5. The van der Waals surface area contributed by atoms with Crippen LogP contribution in [0.3, 0.4) is 0 Å². The number of hydrogen-bond acceptors (Lipinski definition) is 5. The number of aromatic nitrogens is 3. The number of rotatable bonds is 8. The van der Waals surface area contributed by atoms with Crippen molar-refractivity contribution in [3.63, 3.8) is 0 Å². The molecule has 166 valence electrons. The second-order valence-electron chi connectivity index (χ2n) is 8.20. The lowest BCUT2D eigenvalue weighted by Crippen LogP contribution is -2.22. The van der Waals surface area contributed by atoms with Crippen LogP contribution in [0.25, 0.3) is 22.2 Å². The van der Waals surface area contributed by atoms with Gasteiger partial charge in [-0.15, -0.1) is 0 Å². The second kappa shape index (κ2) is 9.40. The molecule has 2 heterocycles.